The number of pyridine rings is 3. The molecule has 2 N–H and O–H groups in total. The number of nitrogens with zero attached hydrogens (tertiary/aromatic N) is 4. The van der Waals surface area contributed by atoms with Crippen molar-refractivity contribution in [2.45, 2.75) is 20.0 Å². The molecule has 5 rings (SSSR count). The zero-order chi connectivity index (χ0) is 23.5. The average molecular weight is 449 g/mol. The maximum absolute atomic E-state index is 13.3. The smallest absolute Gasteiger partial charge is 0.260 e. The van der Waals surface area contributed by atoms with Crippen molar-refractivity contribution in [3.8, 4) is 0 Å². The summed E-state index contributed by atoms with van der Waals surface area (Å²) in [6.45, 7) is 3.04. The van der Waals surface area contributed by atoms with E-state index in [4.69, 9.17) is 5.41 Å². The quantitative estimate of drug-likeness (QED) is 0.366. The molecule has 0 aliphatic heterocycles. The Labute approximate surface area is 196 Å². The van der Waals surface area contributed by atoms with Crippen LogP contribution in [0.2, 0.25) is 0 Å². The number of benzene rings is 1. The Balaban J connectivity index is 1.45. The highest BCUT2D eigenvalue weighted by molar-refractivity contribution is 6.13. The molecule has 0 unspecified atom stereocenters. The topological polar surface area (TPSA) is 88.1 Å². The Morgan fingerprint density at radius 3 is 2.74 bits per heavy atom. The second-order valence-corrected chi connectivity index (χ2v) is 8.21. The van der Waals surface area contributed by atoms with Gasteiger partial charge < -0.3 is 19.7 Å². The van der Waals surface area contributed by atoms with Crippen LogP contribution in [0, 0.1) is 12.3 Å². The molecule has 0 fully saturated rings. The summed E-state index contributed by atoms with van der Waals surface area (Å²) in [7, 11) is 0. The third-order valence-corrected chi connectivity index (χ3v) is 5.75. The average Bonchev–Trinajstić information content (AvgIpc) is 3.25. The molecule has 0 spiro atoms. The zero-order valence-electron chi connectivity index (χ0n) is 18.8. The molecule has 34 heavy (non-hydrogen) atoms. The van der Waals surface area contributed by atoms with E-state index >= 15 is 0 Å². The van der Waals surface area contributed by atoms with Crippen molar-refractivity contribution in [2.24, 2.45) is 0 Å². The van der Waals surface area contributed by atoms with Gasteiger partial charge in [0.15, 0.2) is 0 Å². The fourth-order valence-corrected chi connectivity index (χ4v) is 4.04. The van der Waals surface area contributed by atoms with Gasteiger partial charge in [-0.05, 0) is 35.6 Å². The molecule has 7 nitrogen and oxygen atoms in total. The van der Waals surface area contributed by atoms with Gasteiger partial charge in [0.1, 0.15) is 5.65 Å². The molecule has 168 valence electrons. The summed E-state index contributed by atoms with van der Waals surface area (Å²) in [6, 6.07) is 15.9. The number of aromatic nitrogens is 4. The van der Waals surface area contributed by atoms with Gasteiger partial charge in [0, 0.05) is 61.1 Å². The molecule has 5 aromatic rings. The summed E-state index contributed by atoms with van der Waals surface area (Å²) in [5.74, 6) is 0. The maximum atomic E-state index is 13.3. The van der Waals surface area contributed by atoms with Gasteiger partial charge in [0.05, 0.1) is 17.6 Å². The first kappa shape index (κ1) is 21.3. The van der Waals surface area contributed by atoms with Gasteiger partial charge in [-0.2, -0.15) is 0 Å². The van der Waals surface area contributed by atoms with Crippen LogP contribution in [-0.4, -0.2) is 25.2 Å². The molecular formula is C27H24N6O. The van der Waals surface area contributed by atoms with Crippen LogP contribution < -0.4 is 10.9 Å². The lowest BCUT2D eigenvalue weighted by atomic mass is 10.0. The van der Waals surface area contributed by atoms with Crippen molar-refractivity contribution in [3.63, 3.8) is 0 Å². The van der Waals surface area contributed by atoms with E-state index in [0.29, 0.717) is 24.0 Å². The summed E-state index contributed by atoms with van der Waals surface area (Å²) in [4.78, 5) is 22.2. The lowest BCUT2D eigenvalue weighted by molar-refractivity contribution is 0.752. The molecule has 0 atom stereocenters. The van der Waals surface area contributed by atoms with E-state index in [1.165, 1.54) is 6.21 Å². The van der Waals surface area contributed by atoms with E-state index in [2.05, 4.69) is 15.3 Å². The van der Waals surface area contributed by atoms with Crippen molar-refractivity contribution in [3.05, 3.63) is 118 Å². The normalized spacial score (nSPS) is 11.7. The predicted molar refractivity (Wildman–Crippen MR) is 135 cm³/mol. The summed E-state index contributed by atoms with van der Waals surface area (Å²) in [5, 5.41) is 12.4. The molecule has 0 radical (unpaired) electrons. The minimum atomic E-state index is -0.137. The lowest BCUT2D eigenvalue weighted by Gasteiger charge is -2.10. The molecule has 4 aromatic heterocycles. The summed E-state index contributed by atoms with van der Waals surface area (Å²) in [6.07, 6.45) is 12.1. The number of allylic oxidation sites excluding steroid dienone is 1. The monoisotopic (exact) mass is 448 g/mol. The van der Waals surface area contributed by atoms with E-state index in [9.17, 15) is 4.79 Å². The minimum Gasteiger partial charge on any atom is -0.386 e. The van der Waals surface area contributed by atoms with Gasteiger partial charge in [-0.15, -0.1) is 0 Å². The molecule has 4 heterocycles. The summed E-state index contributed by atoms with van der Waals surface area (Å²) >= 11 is 0. The second kappa shape index (κ2) is 9.15. The Hall–Kier alpha value is -4.52. The van der Waals surface area contributed by atoms with E-state index in [-0.39, 0.29) is 5.56 Å². The van der Waals surface area contributed by atoms with Crippen molar-refractivity contribution in [1.29, 1.82) is 5.41 Å². The molecule has 0 aliphatic carbocycles. The molecule has 1 aromatic carbocycles. The summed E-state index contributed by atoms with van der Waals surface area (Å²) in [5.41, 5.74) is 5.20. The summed E-state index contributed by atoms with van der Waals surface area (Å²) < 4.78 is 3.61. The number of fused-ring (bicyclic) bond motifs is 2. The fourth-order valence-electron chi connectivity index (χ4n) is 4.04. The Kier molecular flexibility index (Phi) is 5.74. The minimum absolute atomic E-state index is 0.137. The first-order valence-electron chi connectivity index (χ1n) is 11.0. The SMILES string of the molecule is Cc1ccc2nc(Cn3ccc4c(/C(C=N)=C/NCc5ccccc5)cncc4c3=O)cn2c1. The van der Waals surface area contributed by atoms with Crippen LogP contribution in [0.3, 0.4) is 0 Å². The fraction of sp³-hybridized carbons (Fsp3) is 0.111. The van der Waals surface area contributed by atoms with Crippen LogP contribution in [0.5, 0.6) is 0 Å². The number of nitrogens with one attached hydrogen (secondary N) is 2. The highest BCUT2D eigenvalue weighted by Gasteiger charge is 2.11. The van der Waals surface area contributed by atoms with Crippen LogP contribution in [-0.2, 0) is 13.1 Å². The van der Waals surface area contributed by atoms with Crippen molar-refractivity contribution < 1.29 is 0 Å². The Morgan fingerprint density at radius 1 is 1.06 bits per heavy atom. The second-order valence-electron chi connectivity index (χ2n) is 8.21. The number of imidazole rings is 1. The molecule has 0 amide bonds. The number of aryl methyl sites for hydroxylation is 1. The van der Waals surface area contributed by atoms with Crippen LogP contribution in [0.4, 0.5) is 0 Å². The first-order valence-corrected chi connectivity index (χ1v) is 11.0. The first-order chi connectivity index (χ1) is 16.6. The Bertz CT molecular complexity index is 1580. The van der Waals surface area contributed by atoms with E-state index in [0.717, 1.165) is 33.4 Å². The van der Waals surface area contributed by atoms with Gasteiger partial charge in [0.2, 0.25) is 0 Å². The molecule has 0 saturated carbocycles. The van der Waals surface area contributed by atoms with Crippen LogP contribution in [0.15, 0.2) is 90.5 Å². The number of hydrogen-bond acceptors (Lipinski definition) is 5. The van der Waals surface area contributed by atoms with Gasteiger partial charge in [0.25, 0.3) is 5.56 Å². The number of rotatable bonds is 7. The van der Waals surface area contributed by atoms with Crippen LogP contribution in [0.1, 0.15) is 22.4 Å². The van der Waals surface area contributed by atoms with Crippen LogP contribution in [0.25, 0.3) is 22.0 Å². The standard InChI is InChI=1S/C27H24N6O/c1-19-7-8-26-31-22(18-33(26)16-19)17-32-10-9-23-24(14-30-15-25(23)27(32)34)21(11-28)13-29-12-20-5-3-2-4-6-20/h2-11,13-16,18,28-29H,12,17H2,1H3/b21-13+,28-11?. The van der Waals surface area contributed by atoms with Crippen molar-refractivity contribution in [2.75, 3.05) is 0 Å². The largest absolute Gasteiger partial charge is 0.386 e. The van der Waals surface area contributed by atoms with Gasteiger partial charge >= 0.3 is 0 Å². The predicted octanol–water partition coefficient (Wildman–Crippen LogP) is 4.18. The highest BCUT2D eigenvalue weighted by Crippen LogP contribution is 2.21. The molecule has 0 bridgehead atoms. The lowest BCUT2D eigenvalue weighted by Crippen LogP contribution is -2.20. The van der Waals surface area contributed by atoms with Gasteiger partial charge in [-0.3, -0.25) is 9.78 Å². The number of hydrogen-bond donors (Lipinski definition) is 2. The van der Waals surface area contributed by atoms with Crippen LogP contribution >= 0.6 is 0 Å². The molecular weight excluding hydrogens is 424 g/mol. The van der Waals surface area contributed by atoms with E-state index in [1.807, 2.05) is 72.2 Å². The van der Waals surface area contributed by atoms with Gasteiger partial charge in [-0.25, -0.2) is 4.98 Å². The molecule has 0 saturated heterocycles. The highest BCUT2D eigenvalue weighted by atomic mass is 16.1. The van der Waals surface area contributed by atoms with Crippen molar-refractivity contribution >= 4 is 28.2 Å². The Morgan fingerprint density at radius 2 is 1.91 bits per heavy atom. The maximum Gasteiger partial charge on any atom is 0.260 e. The third kappa shape index (κ3) is 4.23. The van der Waals surface area contributed by atoms with E-state index in [1.54, 1.807) is 29.4 Å². The van der Waals surface area contributed by atoms with Gasteiger partial charge in [-0.1, -0.05) is 36.4 Å². The molecule has 7 heteroatoms. The van der Waals surface area contributed by atoms with Crippen molar-refractivity contribution in [1.82, 2.24) is 24.3 Å². The third-order valence-electron chi connectivity index (χ3n) is 5.75. The van der Waals surface area contributed by atoms with E-state index < -0.39 is 0 Å². The zero-order valence-corrected chi connectivity index (χ0v) is 18.8. The molecule has 0 aliphatic rings.